The van der Waals surface area contributed by atoms with E-state index < -0.39 is 21.7 Å². The van der Waals surface area contributed by atoms with E-state index in [9.17, 15) is 26.9 Å². The lowest BCUT2D eigenvalue weighted by Crippen LogP contribution is -2.56. The molecular weight excluding hydrogens is 429 g/mol. The zero-order valence-electron chi connectivity index (χ0n) is 17.4. The van der Waals surface area contributed by atoms with Crippen LogP contribution in [0.2, 0.25) is 0 Å². The molecule has 1 unspecified atom stereocenters. The van der Waals surface area contributed by atoms with Crippen LogP contribution in [0.5, 0.6) is 0 Å². The van der Waals surface area contributed by atoms with E-state index in [1.54, 1.807) is 12.1 Å². The van der Waals surface area contributed by atoms with Crippen molar-refractivity contribution in [3.8, 4) is 6.07 Å². The maximum atomic E-state index is 13.1. The normalized spacial score (nSPS) is 17.7. The number of rotatable bonds is 4. The van der Waals surface area contributed by atoms with Crippen LogP contribution in [-0.2, 0) is 16.0 Å². The third-order valence-corrected chi connectivity index (χ3v) is 6.49. The van der Waals surface area contributed by atoms with Crippen LogP contribution in [-0.4, -0.2) is 45.3 Å². The summed E-state index contributed by atoms with van der Waals surface area (Å²) in [5, 5.41) is 9.22. The van der Waals surface area contributed by atoms with Gasteiger partial charge in [-0.15, -0.1) is 0 Å². The lowest BCUT2D eigenvalue weighted by molar-refractivity contribution is -0.141. The Morgan fingerprint density at radius 2 is 1.90 bits per heavy atom. The fourth-order valence-electron chi connectivity index (χ4n) is 3.75. The number of hydrogen-bond acceptors (Lipinski definition) is 6. The van der Waals surface area contributed by atoms with E-state index in [1.165, 1.54) is 18.2 Å². The predicted molar refractivity (Wildman–Crippen MR) is 112 cm³/mol. The molecule has 1 fully saturated rings. The topological polar surface area (TPSA) is 77.3 Å². The highest BCUT2D eigenvalue weighted by molar-refractivity contribution is 7.90. The second kappa shape index (κ2) is 8.38. The molecule has 1 saturated heterocycles. The average Bonchev–Trinajstić information content (AvgIpc) is 2.71. The van der Waals surface area contributed by atoms with Crippen LogP contribution < -0.4 is 9.80 Å². The molecule has 0 radical (unpaired) electrons. The zero-order chi connectivity index (χ0) is 23.0. The number of alkyl halides is 3. The van der Waals surface area contributed by atoms with Gasteiger partial charge < -0.3 is 9.80 Å². The molecule has 10 heteroatoms. The Bertz CT molecular complexity index is 1110. The Labute approximate surface area is 179 Å². The molecule has 1 atom stereocenters. The molecule has 166 valence electrons. The van der Waals surface area contributed by atoms with Crippen molar-refractivity contribution in [2.24, 2.45) is 5.92 Å². The second-order valence-corrected chi connectivity index (χ2v) is 9.88. The SMILES string of the molecule is CC(C)C1CN(c2ccc(C#N)c(S(C)(=O)=O)c2)CCN1c1cccc(C(F)(F)F)n1. The van der Waals surface area contributed by atoms with Gasteiger partial charge in [-0.2, -0.15) is 18.4 Å². The molecule has 2 heterocycles. The number of nitrogens with zero attached hydrogens (tertiary/aromatic N) is 4. The van der Waals surface area contributed by atoms with Gasteiger partial charge in [0.05, 0.1) is 16.5 Å². The zero-order valence-corrected chi connectivity index (χ0v) is 18.2. The predicted octanol–water partition coefficient (Wildman–Crippen LogP) is 3.73. The van der Waals surface area contributed by atoms with Crippen molar-refractivity contribution >= 4 is 21.3 Å². The Hall–Kier alpha value is -2.80. The minimum absolute atomic E-state index is 0.0319. The minimum atomic E-state index is -4.52. The number of anilines is 2. The highest BCUT2D eigenvalue weighted by Gasteiger charge is 2.35. The molecule has 0 bridgehead atoms. The largest absolute Gasteiger partial charge is 0.433 e. The highest BCUT2D eigenvalue weighted by atomic mass is 32.2. The second-order valence-electron chi connectivity index (χ2n) is 7.89. The number of piperazine rings is 1. The van der Waals surface area contributed by atoms with E-state index in [2.05, 4.69) is 4.98 Å². The molecule has 1 aromatic heterocycles. The van der Waals surface area contributed by atoms with Crippen molar-refractivity contribution in [1.29, 1.82) is 5.26 Å². The smallest absolute Gasteiger partial charge is 0.368 e. The van der Waals surface area contributed by atoms with Gasteiger partial charge in [-0.3, -0.25) is 0 Å². The van der Waals surface area contributed by atoms with Gasteiger partial charge in [0, 0.05) is 31.6 Å². The molecule has 3 rings (SSSR count). The Morgan fingerprint density at radius 3 is 2.48 bits per heavy atom. The van der Waals surface area contributed by atoms with Crippen LogP contribution in [0.1, 0.15) is 25.1 Å². The van der Waals surface area contributed by atoms with Gasteiger partial charge in [0.1, 0.15) is 17.6 Å². The van der Waals surface area contributed by atoms with Crippen LogP contribution in [0.4, 0.5) is 24.7 Å². The van der Waals surface area contributed by atoms with Crippen molar-refractivity contribution in [2.75, 3.05) is 35.7 Å². The van der Waals surface area contributed by atoms with Gasteiger partial charge in [0.25, 0.3) is 0 Å². The number of benzene rings is 1. The maximum Gasteiger partial charge on any atom is 0.433 e. The van der Waals surface area contributed by atoms with Gasteiger partial charge >= 0.3 is 6.18 Å². The van der Waals surface area contributed by atoms with E-state index in [4.69, 9.17) is 0 Å². The monoisotopic (exact) mass is 452 g/mol. The van der Waals surface area contributed by atoms with Gasteiger partial charge in [0.15, 0.2) is 9.84 Å². The van der Waals surface area contributed by atoms with Gasteiger partial charge in [-0.05, 0) is 36.2 Å². The summed E-state index contributed by atoms with van der Waals surface area (Å²) in [5.74, 6) is 0.372. The van der Waals surface area contributed by atoms with Crippen LogP contribution >= 0.6 is 0 Å². The molecule has 0 aliphatic carbocycles. The van der Waals surface area contributed by atoms with Crippen molar-refractivity contribution in [3.05, 3.63) is 47.7 Å². The van der Waals surface area contributed by atoms with E-state index in [0.717, 1.165) is 12.3 Å². The summed E-state index contributed by atoms with van der Waals surface area (Å²) >= 11 is 0. The molecule has 0 saturated carbocycles. The number of halogens is 3. The summed E-state index contributed by atoms with van der Waals surface area (Å²) in [5.41, 5.74) is -0.194. The van der Waals surface area contributed by atoms with E-state index in [-0.39, 0.29) is 28.2 Å². The van der Waals surface area contributed by atoms with Crippen LogP contribution in [0.3, 0.4) is 0 Å². The molecule has 0 amide bonds. The van der Waals surface area contributed by atoms with Crippen molar-refractivity contribution in [3.63, 3.8) is 0 Å². The third-order valence-electron chi connectivity index (χ3n) is 5.36. The van der Waals surface area contributed by atoms with Gasteiger partial charge in [-0.1, -0.05) is 19.9 Å². The van der Waals surface area contributed by atoms with Crippen LogP contribution in [0.15, 0.2) is 41.3 Å². The summed E-state index contributed by atoms with van der Waals surface area (Å²) < 4.78 is 63.5. The first-order valence-corrected chi connectivity index (χ1v) is 11.6. The van der Waals surface area contributed by atoms with E-state index in [0.29, 0.717) is 25.3 Å². The molecule has 1 aliphatic heterocycles. The van der Waals surface area contributed by atoms with E-state index in [1.807, 2.05) is 29.7 Å². The number of aromatic nitrogens is 1. The lowest BCUT2D eigenvalue weighted by Gasteiger charge is -2.45. The molecule has 31 heavy (non-hydrogen) atoms. The van der Waals surface area contributed by atoms with Crippen molar-refractivity contribution in [2.45, 2.75) is 31.0 Å². The molecule has 1 aliphatic rings. The molecule has 1 aromatic carbocycles. The van der Waals surface area contributed by atoms with Crippen LogP contribution in [0, 0.1) is 17.2 Å². The molecule has 2 aromatic rings. The molecular formula is C21H23F3N4O2S. The first-order valence-electron chi connectivity index (χ1n) is 9.72. The number of hydrogen-bond donors (Lipinski definition) is 0. The summed E-state index contributed by atoms with van der Waals surface area (Å²) in [4.78, 5) is 7.67. The third kappa shape index (κ3) is 4.93. The van der Waals surface area contributed by atoms with E-state index >= 15 is 0 Å². The summed E-state index contributed by atoms with van der Waals surface area (Å²) in [7, 11) is -3.59. The fourth-order valence-corrected chi connectivity index (χ4v) is 4.60. The highest BCUT2D eigenvalue weighted by Crippen LogP contribution is 2.32. The molecule has 0 N–H and O–H groups in total. The quantitative estimate of drug-likeness (QED) is 0.704. The Morgan fingerprint density at radius 1 is 1.19 bits per heavy atom. The summed E-state index contributed by atoms with van der Waals surface area (Å²) in [6.45, 7) is 5.33. The molecule has 6 nitrogen and oxygen atoms in total. The average molecular weight is 453 g/mol. The first-order chi connectivity index (χ1) is 14.4. The standard InChI is InChI=1S/C21H23F3N4O2S/c1-14(2)17-13-27(16-8-7-15(12-25)18(11-16)31(3,29)30)9-10-28(17)20-6-4-5-19(26-20)21(22,23)24/h4-8,11,14,17H,9-10,13H2,1-3H3. The van der Waals surface area contributed by atoms with Crippen molar-refractivity contribution < 1.29 is 21.6 Å². The lowest BCUT2D eigenvalue weighted by atomic mass is 9.98. The summed E-state index contributed by atoms with van der Waals surface area (Å²) in [6.07, 6.45) is -3.46. The number of nitriles is 1. The number of pyridine rings is 1. The van der Waals surface area contributed by atoms with Crippen molar-refractivity contribution in [1.82, 2.24) is 4.98 Å². The van der Waals surface area contributed by atoms with Gasteiger partial charge in [0.2, 0.25) is 0 Å². The first kappa shape index (κ1) is 22.9. The number of sulfone groups is 1. The molecule has 0 spiro atoms. The van der Waals surface area contributed by atoms with Crippen LogP contribution in [0.25, 0.3) is 0 Å². The Balaban J connectivity index is 1.92. The van der Waals surface area contributed by atoms with Gasteiger partial charge in [-0.25, -0.2) is 13.4 Å². The minimum Gasteiger partial charge on any atom is -0.368 e. The Kier molecular flexibility index (Phi) is 6.18. The summed E-state index contributed by atoms with van der Waals surface area (Å²) in [6, 6.07) is 10.3. The fraction of sp³-hybridized carbons (Fsp3) is 0.429. The maximum absolute atomic E-state index is 13.1.